The van der Waals surface area contributed by atoms with Gasteiger partial charge in [0.05, 0.1) is 35.7 Å². The van der Waals surface area contributed by atoms with Crippen molar-refractivity contribution in [3.8, 4) is 0 Å². The van der Waals surface area contributed by atoms with E-state index in [0.717, 1.165) is 0 Å². The first-order chi connectivity index (χ1) is 15.8. The molecule has 0 unspecified atom stereocenters. The number of ether oxygens (including phenoxy) is 2. The number of hydrogen-bond donors (Lipinski definition) is 2. The molecule has 0 aromatic heterocycles. The Balaban J connectivity index is 1.85. The van der Waals surface area contributed by atoms with Crippen LogP contribution in [0.2, 0.25) is 0 Å². The number of piperidine rings is 1. The zero-order chi connectivity index (χ0) is 24.0. The number of benzene rings is 1. The number of nitrogens with one attached hydrogen (secondary N) is 2. The van der Waals surface area contributed by atoms with E-state index in [1.165, 1.54) is 24.3 Å². The first kappa shape index (κ1) is 24.2. The van der Waals surface area contributed by atoms with E-state index in [0.29, 0.717) is 50.3 Å². The van der Waals surface area contributed by atoms with Crippen LogP contribution in [0.4, 0.5) is 10.5 Å². The summed E-state index contributed by atoms with van der Waals surface area (Å²) in [4.78, 5) is 49.8. The third-order valence-corrected chi connectivity index (χ3v) is 5.68. The average molecular weight is 460 g/mol. The highest BCUT2D eigenvalue weighted by Crippen LogP contribution is 2.30. The third kappa shape index (κ3) is 5.86. The highest BCUT2D eigenvalue weighted by atomic mass is 16.6. The summed E-state index contributed by atoms with van der Waals surface area (Å²) in [6, 6.07) is 4.37. The Bertz CT molecular complexity index is 937. The molecule has 0 saturated carbocycles. The maximum Gasteiger partial charge on any atom is 0.338 e. The molecule has 1 saturated heterocycles. The van der Waals surface area contributed by atoms with Crippen molar-refractivity contribution in [3.63, 3.8) is 0 Å². The van der Waals surface area contributed by atoms with Crippen LogP contribution in [0.1, 0.15) is 38.3 Å². The van der Waals surface area contributed by atoms with Crippen molar-refractivity contribution in [1.82, 2.24) is 15.5 Å². The van der Waals surface area contributed by atoms with Gasteiger partial charge in [-0.25, -0.2) is 9.59 Å². The second kappa shape index (κ2) is 10.9. The minimum atomic E-state index is -0.814. The fraction of sp³-hybridized carbons (Fsp3) is 0.500. The largest absolute Gasteiger partial charge is 0.466 e. The van der Waals surface area contributed by atoms with Crippen molar-refractivity contribution in [1.29, 1.82) is 0 Å². The normalized spacial score (nSPS) is 19.5. The second-order valence-electron chi connectivity index (χ2n) is 7.80. The highest BCUT2D eigenvalue weighted by molar-refractivity contribution is 5.95. The van der Waals surface area contributed by atoms with Crippen LogP contribution >= 0.6 is 0 Å². The molecule has 2 heterocycles. The van der Waals surface area contributed by atoms with Crippen molar-refractivity contribution >= 4 is 23.7 Å². The molecule has 11 heteroatoms. The fourth-order valence-electron chi connectivity index (χ4n) is 4.04. The van der Waals surface area contributed by atoms with Crippen LogP contribution in [0.5, 0.6) is 0 Å². The standard InChI is InChI=1S/C22H28N4O7/c1-3-32-20(27)15-9-11-25(12-10-15)13-17-18(21(28)33-4-2)19(24-22(29)23-17)14-5-7-16(8-6-14)26(30)31/h5-8,15,19H,3-4,9-13H2,1-2H3,(H2,23,24,29)/t19-/m0/s1. The number of likely N-dealkylation sites (tertiary alicyclic amines) is 1. The lowest BCUT2D eigenvalue weighted by molar-refractivity contribution is -0.384. The molecule has 2 amide bonds. The molecule has 0 aliphatic carbocycles. The molecule has 1 aromatic carbocycles. The van der Waals surface area contributed by atoms with Gasteiger partial charge in [0.15, 0.2) is 0 Å². The zero-order valence-electron chi connectivity index (χ0n) is 18.7. The monoisotopic (exact) mass is 460 g/mol. The van der Waals surface area contributed by atoms with Gasteiger partial charge >= 0.3 is 18.0 Å². The van der Waals surface area contributed by atoms with Crippen LogP contribution in [-0.2, 0) is 19.1 Å². The Morgan fingerprint density at radius 1 is 1.12 bits per heavy atom. The van der Waals surface area contributed by atoms with E-state index < -0.39 is 23.0 Å². The van der Waals surface area contributed by atoms with Crippen LogP contribution in [-0.4, -0.2) is 60.6 Å². The first-order valence-electron chi connectivity index (χ1n) is 10.9. The van der Waals surface area contributed by atoms with Crippen LogP contribution in [0, 0.1) is 16.0 Å². The summed E-state index contributed by atoms with van der Waals surface area (Å²) in [5.41, 5.74) is 1.09. The third-order valence-electron chi connectivity index (χ3n) is 5.68. The molecule has 0 radical (unpaired) electrons. The van der Waals surface area contributed by atoms with Crippen molar-refractivity contribution in [2.24, 2.45) is 5.92 Å². The molecule has 2 N–H and O–H groups in total. The highest BCUT2D eigenvalue weighted by Gasteiger charge is 2.35. The molecule has 3 rings (SSSR count). The van der Waals surface area contributed by atoms with Gasteiger partial charge in [-0.15, -0.1) is 0 Å². The molecular formula is C22H28N4O7. The number of nitrogens with zero attached hydrogens (tertiary/aromatic N) is 2. The number of hydrogen-bond acceptors (Lipinski definition) is 8. The molecule has 1 atom stereocenters. The molecule has 1 aromatic rings. The molecule has 0 spiro atoms. The van der Waals surface area contributed by atoms with E-state index in [4.69, 9.17) is 9.47 Å². The quantitative estimate of drug-likeness (QED) is 0.341. The lowest BCUT2D eigenvalue weighted by Gasteiger charge is -2.34. The van der Waals surface area contributed by atoms with Gasteiger partial charge in [-0.05, 0) is 57.5 Å². The summed E-state index contributed by atoms with van der Waals surface area (Å²) in [7, 11) is 0. The maximum absolute atomic E-state index is 12.9. The van der Waals surface area contributed by atoms with Crippen LogP contribution in [0.3, 0.4) is 0 Å². The number of esters is 2. The first-order valence-corrected chi connectivity index (χ1v) is 10.9. The van der Waals surface area contributed by atoms with Crippen molar-refractivity contribution in [2.75, 3.05) is 32.8 Å². The van der Waals surface area contributed by atoms with Gasteiger partial charge in [0.25, 0.3) is 5.69 Å². The fourth-order valence-corrected chi connectivity index (χ4v) is 4.04. The summed E-state index contributed by atoms with van der Waals surface area (Å²) in [6.45, 7) is 5.47. The van der Waals surface area contributed by atoms with Gasteiger partial charge in [0.1, 0.15) is 0 Å². The summed E-state index contributed by atoms with van der Waals surface area (Å²) in [6.07, 6.45) is 1.25. The van der Waals surface area contributed by atoms with E-state index in [2.05, 4.69) is 15.5 Å². The average Bonchev–Trinajstić information content (AvgIpc) is 2.79. The molecule has 0 bridgehead atoms. The van der Waals surface area contributed by atoms with Crippen LogP contribution in [0.15, 0.2) is 35.5 Å². The Hall–Kier alpha value is -3.47. The van der Waals surface area contributed by atoms with E-state index >= 15 is 0 Å². The number of nitro benzene ring substituents is 1. The lowest BCUT2D eigenvalue weighted by atomic mass is 9.93. The van der Waals surface area contributed by atoms with Crippen LogP contribution < -0.4 is 10.6 Å². The van der Waals surface area contributed by atoms with E-state index in [-0.39, 0.29) is 29.8 Å². The molecule has 11 nitrogen and oxygen atoms in total. The Labute approximate surface area is 191 Å². The Kier molecular flexibility index (Phi) is 7.99. The topological polar surface area (TPSA) is 140 Å². The summed E-state index contributed by atoms with van der Waals surface area (Å²) in [5, 5.41) is 16.4. The molecule has 178 valence electrons. The number of amides is 2. The lowest BCUT2D eigenvalue weighted by Crippen LogP contribution is -2.49. The van der Waals surface area contributed by atoms with Gasteiger partial charge in [-0.2, -0.15) is 0 Å². The predicted octanol–water partition coefficient (Wildman–Crippen LogP) is 2.04. The van der Waals surface area contributed by atoms with Gasteiger partial charge in [-0.3, -0.25) is 19.8 Å². The molecule has 2 aliphatic rings. The predicted molar refractivity (Wildman–Crippen MR) is 117 cm³/mol. The summed E-state index contributed by atoms with van der Waals surface area (Å²) < 4.78 is 10.4. The van der Waals surface area contributed by atoms with Gasteiger partial charge < -0.3 is 20.1 Å². The molecular weight excluding hydrogens is 432 g/mol. The van der Waals surface area contributed by atoms with E-state index in [1.54, 1.807) is 13.8 Å². The van der Waals surface area contributed by atoms with E-state index in [9.17, 15) is 24.5 Å². The Morgan fingerprint density at radius 3 is 2.33 bits per heavy atom. The number of urea groups is 1. The number of carbonyl (C=O) groups excluding carboxylic acids is 3. The number of rotatable bonds is 8. The smallest absolute Gasteiger partial charge is 0.338 e. The minimum absolute atomic E-state index is 0.0923. The molecule has 1 fully saturated rings. The minimum Gasteiger partial charge on any atom is -0.466 e. The van der Waals surface area contributed by atoms with E-state index in [1.807, 2.05) is 0 Å². The van der Waals surface area contributed by atoms with Crippen molar-refractivity contribution in [2.45, 2.75) is 32.7 Å². The van der Waals surface area contributed by atoms with Gasteiger partial charge in [0.2, 0.25) is 0 Å². The second-order valence-corrected chi connectivity index (χ2v) is 7.80. The zero-order valence-corrected chi connectivity index (χ0v) is 18.7. The van der Waals surface area contributed by atoms with Gasteiger partial charge in [0, 0.05) is 24.4 Å². The molecule has 33 heavy (non-hydrogen) atoms. The summed E-state index contributed by atoms with van der Waals surface area (Å²) >= 11 is 0. The number of carbonyl (C=O) groups is 3. The maximum atomic E-state index is 12.9. The summed E-state index contributed by atoms with van der Waals surface area (Å²) in [5.74, 6) is -0.933. The number of nitro groups is 1. The van der Waals surface area contributed by atoms with Crippen molar-refractivity contribution in [3.05, 3.63) is 51.2 Å². The molecule has 2 aliphatic heterocycles. The van der Waals surface area contributed by atoms with Crippen LogP contribution in [0.25, 0.3) is 0 Å². The Morgan fingerprint density at radius 2 is 1.76 bits per heavy atom. The van der Waals surface area contributed by atoms with Crippen molar-refractivity contribution < 1.29 is 28.8 Å². The number of non-ortho nitro benzene ring substituents is 1. The van der Waals surface area contributed by atoms with Gasteiger partial charge in [-0.1, -0.05) is 0 Å². The SMILES string of the molecule is CCOC(=O)C1=C(CN2CCC(C(=O)OCC)CC2)NC(=O)N[C@H]1c1ccc([N+](=O)[O-])cc1.